The van der Waals surface area contributed by atoms with E-state index < -0.39 is 0 Å². The Morgan fingerprint density at radius 3 is 2.28 bits per heavy atom. The number of carbonyl (C=O) groups excluding carboxylic acids is 1. The average Bonchev–Trinajstić information content (AvgIpc) is 3.00. The number of benzene rings is 2. The van der Waals surface area contributed by atoms with E-state index in [1.165, 1.54) is 17.7 Å². The SMILES string of the molecule is Cc1ccc(Cc2ccc(C(=O)NN)n2Cc2ccc(F)cc2)cc1. The van der Waals surface area contributed by atoms with E-state index >= 15 is 0 Å². The van der Waals surface area contributed by atoms with Crippen LogP contribution in [0, 0.1) is 12.7 Å². The topological polar surface area (TPSA) is 60.1 Å². The molecule has 1 aromatic heterocycles. The van der Waals surface area contributed by atoms with Crippen LogP contribution in [0.25, 0.3) is 0 Å². The Labute approximate surface area is 146 Å². The maximum Gasteiger partial charge on any atom is 0.281 e. The zero-order chi connectivity index (χ0) is 17.8. The molecule has 25 heavy (non-hydrogen) atoms. The van der Waals surface area contributed by atoms with Crippen LogP contribution in [0.2, 0.25) is 0 Å². The first kappa shape index (κ1) is 16.9. The van der Waals surface area contributed by atoms with Crippen LogP contribution in [0.3, 0.4) is 0 Å². The van der Waals surface area contributed by atoms with Crippen LogP contribution in [-0.4, -0.2) is 10.5 Å². The van der Waals surface area contributed by atoms with Gasteiger partial charge in [0.15, 0.2) is 0 Å². The smallest absolute Gasteiger partial charge is 0.281 e. The number of amides is 1. The van der Waals surface area contributed by atoms with Crippen molar-refractivity contribution in [2.75, 3.05) is 0 Å². The molecular formula is C20H20FN3O. The second-order valence-electron chi connectivity index (χ2n) is 6.06. The molecule has 3 aromatic rings. The normalized spacial score (nSPS) is 10.7. The van der Waals surface area contributed by atoms with Crippen molar-refractivity contribution >= 4 is 5.91 Å². The third-order valence-electron chi connectivity index (χ3n) is 4.19. The van der Waals surface area contributed by atoms with Gasteiger partial charge in [0, 0.05) is 18.7 Å². The van der Waals surface area contributed by atoms with Gasteiger partial charge in [-0.3, -0.25) is 10.2 Å². The van der Waals surface area contributed by atoms with Gasteiger partial charge in [0.2, 0.25) is 0 Å². The molecule has 0 bridgehead atoms. The van der Waals surface area contributed by atoms with Crippen LogP contribution in [0.15, 0.2) is 60.7 Å². The van der Waals surface area contributed by atoms with E-state index in [0.717, 1.165) is 16.8 Å². The number of rotatable bonds is 5. The zero-order valence-corrected chi connectivity index (χ0v) is 14.0. The Balaban J connectivity index is 1.94. The highest BCUT2D eigenvalue weighted by atomic mass is 19.1. The molecule has 0 aliphatic carbocycles. The predicted octanol–water partition coefficient (Wildman–Crippen LogP) is 3.18. The number of aromatic nitrogens is 1. The van der Waals surface area contributed by atoms with Crippen LogP contribution < -0.4 is 11.3 Å². The van der Waals surface area contributed by atoms with Crippen LogP contribution >= 0.6 is 0 Å². The lowest BCUT2D eigenvalue weighted by molar-refractivity contribution is 0.0944. The summed E-state index contributed by atoms with van der Waals surface area (Å²) < 4.78 is 15.1. The minimum atomic E-state index is -0.350. The molecule has 0 fully saturated rings. The summed E-state index contributed by atoms with van der Waals surface area (Å²) in [4.78, 5) is 12.1. The molecule has 0 aliphatic rings. The highest BCUT2D eigenvalue weighted by molar-refractivity contribution is 5.92. The fourth-order valence-electron chi connectivity index (χ4n) is 2.81. The lowest BCUT2D eigenvalue weighted by atomic mass is 10.1. The maximum atomic E-state index is 13.1. The van der Waals surface area contributed by atoms with Gasteiger partial charge in [-0.25, -0.2) is 10.2 Å². The second-order valence-corrected chi connectivity index (χ2v) is 6.06. The van der Waals surface area contributed by atoms with Crippen LogP contribution in [0.4, 0.5) is 4.39 Å². The third-order valence-corrected chi connectivity index (χ3v) is 4.19. The molecule has 0 spiro atoms. The van der Waals surface area contributed by atoms with Crippen molar-refractivity contribution in [1.82, 2.24) is 9.99 Å². The van der Waals surface area contributed by atoms with Crippen LogP contribution in [-0.2, 0) is 13.0 Å². The zero-order valence-electron chi connectivity index (χ0n) is 14.0. The Bertz CT molecular complexity index is 867. The number of hydrazine groups is 1. The van der Waals surface area contributed by atoms with Crippen molar-refractivity contribution in [3.05, 3.63) is 94.6 Å². The van der Waals surface area contributed by atoms with E-state index in [9.17, 15) is 9.18 Å². The van der Waals surface area contributed by atoms with Gasteiger partial charge in [-0.2, -0.15) is 0 Å². The van der Waals surface area contributed by atoms with Crippen molar-refractivity contribution in [1.29, 1.82) is 0 Å². The Morgan fingerprint density at radius 1 is 1.00 bits per heavy atom. The van der Waals surface area contributed by atoms with E-state index in [0.29, 0.717) is 18.7 Å². The summed E-state index contributed by atoms with van der Waals surface area (Å²) in [6.45, 7) is 2.52. The third kappa shape index (κ3) is 3.95. The molecule has 0 atom stereocenters. The number of aryl methyl sites for hydroxylation is 1. The summed E-state index contributed by atoms with van der Waals surface area (Å²) in [5.41, 5.74) is 6.92. The number of nitrogens with zero attached hydrogens (tertiary/aromatic N) is 1. The number of carbonyl (C=O) groups is 1. The quantitative estimate of drug-likeness (QED) is 0.427. The Morgan fingerprint density at radius 2 is 1.64 bits per heavy atom. The molecule has 0 saturated heterocycles. The van der Waals surface area contributed by atoms with E-state index in [1.54, 1.807) is 18.2 Å². The molecular weight excluding hydrogens is 317 g/mol. The molecule has 0 aliphatic heterocycles. The molecule has 0 unspecified atom stereocenters. The van der Waals surface area contributed by atoms with E-state index in [2.05, 4.69) is 29.7 Å². The van der Waals surface area contributed by atoms with E-state index in [4.69, 9.17) is 5.84 Å². The van der Waals surface area contributed by atoms with Gasteiger partial charge in [0.1, 0.15) is 11.5 Å². The summed E-state index contributed by atoms with van der Waals surface area (Å²) in [7, 11) is 0. The van der Waals surface area contributed by atoms with Crippen molar-refractivity contribution in [2.45, 2.75) is 19.9 Å². The van der Waals surface area contributed by atoms with Crippen molar-refractivity contribution in [3.8, 4) is 0 Å². The summed E-state index contributed by atoms with van der Waals surface area (Å²) in [6.07, 6.45) is 0.694. The van der Waals surface area contributed by atoms with Crippen LogP contribution in [0.1, 0.15) is 32.9 Å². The number of hydrogen-bond acceptors (Lipinski definition) is 2. The molecule has 0 radical (unpaired) electrons. The summed E-state index contributed by atoms with van der Waals surface area (Å²) >= 11 is 0. The van der Waals surface area contributed by atoms with Crippen molar-refractivity contribution in [2.24, 2.45) is 5.84 Å². The Kier molecular flexibility index (Phi) is 4.95. The molecule has 2 aromatic carbocycles. The molecule has 0 saturated carbocycles. The van der Waals surface area contributed by atoms with E-state index in [1.807, 2.05) is 17.6 Å². The number of halogens is 1. The van der Waals surface area contributed by atoms with Gasteiger partial charge in [0.25, 0.3) is 5.91 Å². The number of hydrogen-bond donors (Lipinski definition) is 2. The van der Waals surface area contributed by atoms with Gasteiger partial charge in [-0.15, -0.1) is 0 Å². The molecule has 1 amide bonds. The van der Waals surface area contributed by atoms with Gasteiger partial charge in [-0.05, 0) is 42.3 Å². The first-order valence-corrected chi connectivity index (χ1v) is 8.06. The van der Waals surface area contributed by atoms with Crippen molar-refractivity contribution in [3.63, 3.8) is 0 Å². The lowest BCUT2D eigenvalue weighted by Gasteiger charge is -2.13. The maximum absolute atomic E-state index is 13.1. The predicted molar refractivity (Wildman–Crippen MR) is 95.6 cm³/mol. The molecule has 1 heterocycles. The van der Waals surface area contributed by atoms with Gasteiger partial charge >= 0.3 is 0 Å². The summed E-state index contributed by atoms with van der Waals surface area (Å²) in [5.74, 6) is 4.67. The van der Waals surface area contributed by atoms with E-state index in [-0.39, 0.29) is 11.7 Å². The van der Waals surface area contributed by atoms with Crippen LogP contribution in [0.5, 0.6) is 0 Å². The minimum Gasteiger partial charge on any atom is -0.336 e. The number of nitrogen functional groups attached to an aromatic ring is 1. The summed E-state index contributed by atoms with van der Waals surface area (Å²) in [5, 5.41) is 0. The largest absolute Gasteiger partial charge is 0.336 e. The average molecular weight is 337 g/mol. The number of nitrogens with one attached hydrogen (secondary N) is 1. The highest BCUT2D eigenvalue weighted by Crippen LogP contribution is 2.17. The minimum absolute atomic E-state index is 0.281. The molecule has 128 valence electrons. The molecule has 5 heteroatoms. The molecule has 3 rings (SSSR count). The summed E-state index contributed by atoms with van der Waals surface area (Å²) in [6, 6.07) is 18.2. The lowest BCUT2D eigenvalue weighted by Crippen LogP contribution is -2.32. The molecule has 4 nitrogen and oxygen atoms in total. The van der Waals surface area contributed by atoms with Gasteiger partial charge in [-0.1, -0.05) is 42.0 Å². The fraction of sp³-hybridized carbons (Fsp3) is 0.150. The standard InChI is InChI=1S/C20H20FN3O/c1-14-2-4-15(5-3-14)12-18-10-11-19(20(25)23-22)24(18)13-16-6-8-17(21)9-7-16/h2-11H,12-13,22H2,1H3,(H,23,25). The first-order chi connectivity index (χ1) is 12.1. The molecule has 3 N–H and O–H groups in total. The monoisotopic (exact) mass is 337 g/mol. The van der Waals surface area contributed by atoms with Gasteiger partial charge in [0.05, 0.1) is 0 Å². The second kappa shape index (κ2) is 7.32. The van der Waals surface area contributed by atoms with Gasteiger partial charge < -0.3 is 4.57 Å². The fourth-order valence-corrected chi connectivity index (χ4v) is 2.81. The highest BCUT2D eigenvalue weighted by Gasteiger charge is 2.15. The van der Waals surface area contributed by atoms with Crippen molar-refractivity contribution < 1.29 is 9.18 Å². The number of nitrogens with two attached hydrogens (primary N) is 1. The Hall–Kier alpha value is -2.92. The first-order valence-electron chi connectivity index (χ1n) is 8.06.